The van der Waals surface area contributed by atoms with Gasteiger partial charge in [-0.2, -0.15) is 9.40 Å². The lowest BCUT2D eigenvalue weighted by atomic mass is 10.2. The maximum atomic E-state index is 13.0. The summed E-state index contributed by atoms with van der Waals surface area (Å²) in [6.07, 6.45) is 2.70. The molecule has 0 bridgehead atoms. The maximum absolute atomic E-state index is 13.0. The Labute approximate surface area is 188 Å². The Hall–Kier alpha value is -2.91. The van der Waals surface area contributed by atoms with Gasteiger partial charge in [0.15, 0.2) is 5.76 Å². The minimum atomic E-state index is -3.72. The van der Waals surface area contributed by atoms with Crippen LogP contribution in [0, 0.1) is 13.8 Å². The first-order valence-corrected chi connectivity index (χ1v) is 12.2. The van der Waals surface area contributed by atoms with Gasteiger partial charge >= 0.3 is 0 Å². The molecule has 1 aliphatic heterocycles. The van der Waals surface area contributed by atoms with E-state index < -0.39 is 10.0 Å². The third-order valence-corrected chi connectivity index (χ3v) is 7.66. The highest BCUT2D eigenvalue weighted by atomic mass is 32.2. The number of para-hydroxylation sites is 1. The number of aromatic nitrogens is 2. The number of benzene rings is 1. The normalized spacial score (nSPS) is 15.1. The van der Waals surface area contributed by atoms with E-state index in [-0.39, 0.29) is 16.8 Å². The summed E-state index contributed by atoms with van der Waals surface area (Å²) in [4.78, 5) is 14.5. The summed E-state index contributed by atoms with van der Waals surface area (Å²) in [6.45, 7) is 5.18. The van der Waals surface area contributed by atoms with E-state index in [2.05, 4.69) is 5.10 Å². The van der Waals surface area contributed by atoms with Crippen molar-refractivity contribution in [2.24, 2.45) is 0 Å². The molecule has 1 aromatic carbocycles. The molecular formula is C23H28N4O4S. The van der Waals surface area contributed by atoms with Crippen LogP contribution in [0.3, 0.4) is 0 Å². The molecule has 32 heavy (non-hydrogen) atoms. The number of carbonyl (C=O) groups excluding carboxylic acids is 1. The second-order valence-corrected chi connectivity index (χ2v) is 10.0. The quantitative estimate of drug-likeness (QED) is 0.566. The molecule has 1 amide bonds. The Balaban J connectivity index is 1.51. The molecule has 0 saturated carbocycles. The first-order valence-electron chi connectivity index (χ1n) is 10.7. The van der Waals surface area contributed by atoms with Crippen LogP contribution >= 0.6 is 0 Å². The molecule has 0 aliphatic carbocycles. The van der Waals surface area contributed by atoms with Crippen molar-refractivity contribution in [1.29, 1.82) is 0 Å². The van der Waals surface area contributed by atoms with Crippen molar-refractivity contribution in [2.45, 2.75) is 44.7 Å². The van der Waals surface area contributed by atoms with Gasteiger partial charge in [-0.3, -0.25) is 4.79 Å². The average molecular weight is 457 g/mol. The van der Waals surface area contributed by atoms with Gasteiger partial charge in [-0.15, -0.1) is 0 Å². The van der Waals surface area contributed by atoms with Crippen LogP contribution in [-0.4, -0.2) is 53.4 Å². The molecular weight excluding hydrogens is 428 g/mol. The smallest absolute Gasteiger partial charge is 0.289 e. The van der Waals surface area contributed by atoms with Gasteiger partial charge < -0.3 is 9.32 Å². The molecule has 1 aliphatic rings. The Bertz CT molecular complexity index is 1210. The average Bonchev–Trinajstić information content (AvgIpc) is 3.41. The molecule has 0 atom stereocenters. The summed E-state index contributed by atoms with van der Waals surface area (Å²) in [6, 6.07) is 12.6. The number of nitrogens with zero attached hydrogens (tertiary/aromatic N) is 4. The molecule has 9 heteroatoms. The highest BCUT2D eigenvalue weighted by molar-refractivity contribution is 7.89. The number of furan rings is 1. The van der Waals surface area contributed by atoms with Crippen molar-refractivity contribution in [3.05, 3.63) is 65.2 Å². The lowest BCUT2D eigenvalue weighted by molar-refractivity contribution is 0.0747. The SMILES string of the molecule is Cc1nn(-c2ccccc2)c(C)c1CN(C)C(=O)c1ccc(S(=O)(=O)N2CCCCC2)o1. The molecule has 8 nitrogen and oxygen atoms in total. The monoisotopic (exact) mass is 456 g/mol. The molecule has 0 N–H and O–H groups in total. The van der Waals surface area contributed by atoms with Crippen molar-refractivity contribution < 1.29 is 17.6 Å². The lowest BCUT2D eigenvalue weighted by Crippen LogP contribution is -2.35. The molecule has 4 rings (SSSR count). The summed E-state index contributed by atoms with van der Waals surface area (Å²) in [5, 5.41) is 4.44. The van der Waals surface area contributed by atoms with Gasteiger partial charge in [-0.1, -0.05) is 24.6 Å². The van der Waals surface area contributed by atoms with Crippen LogP contribution in [0.4, 0.5) is 0 Å². The minimum Gasteiger partial charge on any atom is -0.438 e. The number of carbonyl (C=O) groups is 1. The fourth-order valence-electron chi connectivity index (χ4n) is 4.03. The molecule has 3 heterocycles. The van der Waals surface area contributed by atoms with Crippen LogP contribution in [-0.2, 0) is 16.6 Å². The molecule has 3 aromatic rings. The predicted molar refractivity (Wildman–Crippen MR) is 120 cm³/mol. The molecule has 170 valence electrons. The molecule has 0 radical (unpaired) electrons. The molecule has 2 aromatic heterocycles. The number of aryl methyl sites for hydroxylation is 1. The highest BCUT2D eigenvalue weighted by Gasteiger charge is 2.30. The van der Waals surface area contributed by atoms with E-state index in [4.69, 9.17) is 4.42 Å². The Morgan fingerprint density at radius 3 is 2.44 bits per heavy atom. The fraction of sp³-hybridized carbons (Fsp3) is 0.391. The topological polar surface area (TPSA) is 88.7 Å². The second kappa shape index (κ2) is 8.91. The van der Waals surface area contributed by atoms with Gasteiger partial charge in [-0.25, -0.2) is 13.1 Å². The molecule has 1 fully saturated rings. The van der Waals surface area contributed by atoms with Gasteiger partial charge in [0, 0.05) is 37.9 Å². The van der Waals surface area contributed by atoms with Crippen molar-refractivity contribution in [3.63, 3.8) is 0 Å². The number of rotatable bonds is 6. The summed E-state index contributed by atoms with van der Waals surface area (Å²) >= 11 is 0. The number of hydrogen-bond donors (Lipinski definition) is 0. The zero-order chi connectivity index (χ0) is 22.9. The van der Waals surface area contributed by atoms with Crippen molar-refractivity contribution in [1.82, 2.24) is 19.0 Å². The van der Waals surface area contributed by atoms with Gasteiger partial charge in [0.25, 0.3) is 15.9 Å². The van der Waals surface area contributed by atoms with Crippen LogP contribution in [0.1, 0.15) is 46.8 Å². The summed E-state index contributed by atoms with van der Waals surface area (Å²) in [7, 11) is -2.05. The van der Waals surface area contributed by atoms with E-state index in [0.717, 1.165) is 41.9 Å². The lowest BCUT2D eigenvalue weighted by Gasteiger charge is -2.24. The van der Waals surface area contributed by atoms with Crippen molar-refractivity contribution in [3.8, 4) is 5.69 Å². The van der Waals surface area contributed by atoms with Gasteiger partial charge in [0.2, 0.25) is 5.09 Å². The molecule has 0 spiro atoms. The summed E-state index contributed by atoms with van der Waals surface area (Å²) in [5.41, 5.74) is 3.67. The third-order valence-electron chi connectivity index (χ3n) is 5.89. The maximum Gasteiger partial charge on any atom is 0.289 e. The number of amides is 1. The van der Waals surface area contributed by atoms with E-state index >= 15 is 0 Å². The minimum absolute atomic E-state index is 0.00819. The summed E-state index contributed by atoms with van der Waals surface area (Å²) in [5.74, 6) is -0.370. The van der Waals surface area contributed by atoms with Crippen LogP contribution in [0.25, 0.3) is 5.69 Å². The van der Waals surface area contributed by atoms with Crippen LogP contribution in [0.15, 0.2) is 52.0 Å². The van der Waals surface area contributed by atoms with E-state index in [1.54, 1.807) is 7.05 Å². The second-order valence-electron chi connectivity index (χ2n) is 8.14. The summed E-state index contributed by atoms with van der Waals surface area (Å²) < 4.78 is 34.4. The van der Waals surface area contributed by atoms with Crippen LogP contribution in [0.2, 0.25) is 0 Å². The Morgan fingerprint density at radius 2 is 1.75 bits per heavy atom. The van der Waals surface area contributed by atoms with Gasteiger partial charge in [0.1, 0.15) is 0 Å². The molecule has 1 saturated heterocycles. The first kappa shape index (κ1) is 22.3. The molecule has 0 unspecified atom stereocenters. The Kier molecular flexibility index (Phi) is 6.21. The zero-order valence-corrected chi connectivity index (χ0v) is 19.4. The predicted octanol–water partition coefficient (Wildman–Crippen LogP) is 3.53. The van der Waals surface area contributed by atoms with Crippen molar-refractivity contribution in [2.75, 3.05) is 20.1 Å². The first-order chi connectivity index (χ1) is 15.3. The third kappa shape index (κ3) is 4.22. The number of piperidine rings is 1. The van der Waals surface area contributed by atoms with E-state index in [1.165, 1.54) is 21.3 Å². The fourth-order valence-corrected chi connectivity index (χ4v) is 5.46. The van der Waals surface area contributed by atoms with E-state index in [1.807, 2.05) is 48.9 Å². The number of hydrogen-bond acceptors (Lipinski definition) is 5. The van der Waals surface area contributed by atoms with Crippen molar-refractivity contribution >= 4 is 15.9 Å². The standard InChI is InChI=1S/C23H28N4O4S/c1-17-20(18(2)27(24-17)19-10-6-4-7-11-19)16-25(3)23(28)21-12-13-22(31-21)32(29,30)26-14-8-5-9-15-26/h4,6-7,10-13H,5,8-9,14-16H2,1-3H3. The highest BCUT2D eigenvalue weighted by Crippen LogP contribution is 2.24. The van der Waals surface area contributed by atoms with E-state index in [9.17, 15) is 13.2 Å². The Morgan fingerprint density at radius 1 is 1.06 bits per heavy atom. The van der Waals surface area contributed by atoms with Crippen LogP contribution in [0.5, 0.6) is 0 Å². The van der Waals surface area contributed by atoms with Gasteiger partial charge in [0.05, 0.1) is 11.4 Å². The largest absolute Gasteiger partial charge is 0.438 e. The number of sulfonamides is 1. The van der Waals surface area contributed by atoms with Gasteiger partial charge in [-0.05, 0) is 51.0 Å². The zero-order valence-electron chi connectivity index (χ0n) is 18.6. The van der Waals surface area contributed by atoms with Crippen LogP contribution < -0.4 is 0 Å². The van der Waals surface area contributed by atoms with E-state index in [0.29, 0.717) is 19.6 Å².